The van der Waals surface area contributed by atoms with Gasteiger partial charge in [-0.25, -0.2) is 14.8 Å². The summed E-state index contributed by atoms with van der Waals surface area (Å²) < 4.78 is 7.66. The number of aromatic nitrogens is 3. The number of carbonyl (C=O) groups is 1. The molecule has 2 aromatic carbocycles. The lowest BCUT2D eigenvalue weighted by Gasteiger charge is -2.54. The molecule has 0 unspecified atom stereocenters. The molecule has 0 spiro atoms. The summed E-state index contributed by atoms with van der Waals surface area (Å²) >= 11 is 0. The number of benzene rings is 2. The van der Waals surface area contributed by atoms with Gasteiger partial charge >= 0.3 is 6.09 Å². The van der Waals surface area contributed by atoms with Crippen LogP contribution in [0.15, 0.2) is 66.7 Å². The maximum absolute atomic E-state index is 12.4. The lowest BCUT2D eigenvalue weighted by atomic mass is 9.69. The molecule has 1 saturated heterocycles. The minimum absolute atomic E-state index is 0.508. The number of rotatable bonds is 5. The number of carboxylic acid groups (broad SMARTS) is 1. The van der Waals surface area contributed by atoms with Gasteiger partial charge in [-0.2, -0.15) is 0 Å². The second-order valence-electron chi connectivity index (χ2n) is 11.5. The number of amides is 1. The van der Waals surface area contributed by atoms with E-state index in [9.17, 15) is 9.90 Å². The fraction of sp³-hybridized carbons (Fsp3) is 0.387. The van der Waals surface area contributed by atoms with E-state index < -0.39 is 17.2 Å². The van der Waals surface area contributed by atoms with Gasteiger partial charge in [0.1, 0.15) is 17.2 Å². The van der Waals surface area contributed by atoms with Crippen molar-refractivity contribution >= 4 is 23.1 Å². The number of morpholine rings is 1. The van der Waals surface area contributed by atoms with E-state index in [2.05, 4.69) is 45.9 Å². The molecule has 2 fully saturated rings. The van der Waals surface area contributed by atoms with Gasteiger partial charge in [0.15, 0.2) is 5.65 Å². The Morgan fingerprint density at radius 1 is 0.949 bits per heavy atom. The van der Waals surface area contributed by atoms with E-state index in [4.69, 9.17) is 14.7 Å². The van der Waals surface area contributed by atoms with E-state index in [0.717, 1.165) is 72.0 Å². The summed E-state index contributed by atoms with van der Waals surface area (Å²) in [6, 6.07) is 22.6. The zero-order valence-corrected chi connectivity index (χ0v) is 22.8. The molecule has 1 aliphatic heterocycles. The molecule has 2 aromatic heterocycles. The first-order valence-electron chi connectivity index (χ1n) is 13.7. The minimum atomic E-state index is -0.877. The number of fused-ring (bicyclic) bond motifs is 1. The normalized spacial score (nSPS) is 17.2. The van der Waals surface area contributed by atoms with Gasteiger partial charge in [0.05, 0.1) is 18.8 Å². The SMILES string of the molecule is CC(C)(C)N(C(=O)O)C1(c2ccc(-n3c(-c4ccccc4)nc4ccc(N5CCOCC5)nc43)cc2)CCC1. The maximum atomic E-state index is 12.4. The van der Waals surface area contributed by atoms with Crippen molar-refractivity contribution in [1.82, 2.24) is 19.4 Å². The molecule has 39 heavy (non-hydrogen) atoms. The highest BCUT2D eigenvalue weighted by Gasteiger charge is 2.50. The molecule has 6 rings (SSSR count). The molecule has 8 nitrogen and oxygen atoms in total. The van der Waals surface area contributed by atoms with Crippen molar-refractivity contribution in [3.8, 4) is 17.1 Å². The van der Waals surface area contributed by atoms with Crippen molar-refractivity contribution in [2.24, 2.45) is 0 Å². The van der Waals surface area contributed by atoms with Crippen molar-refractivity contribution in [2.75, 3.05) is 31.2 Å². The number of ether oxygens (including phenoxy) is 1. The van der Waals surface area contributed by atoms with Crippen molar-refractivity contribution < 1.29 is 14.6 Å². The summed E-state index contributed by atoms with van der Waals surface area (Å²) in [4.78, 5) is 26.4. The van der Waals surface area contributed by atoms with E-state index in [1.807, 2.05) is 51.1 Å². The van der Waals surface area contributed by atoms with Gasteiger partial charge in [-0.3, -0.25) is 9.47 Å². The second-order valence-corrected chi connectivity index (χ2v) is 11.5. The van der Waals surface area contributed by atoms with Crippen LogP contribution in [-0.2, 0) is 10.3 Å². The molecule has 4 aromatic rings. The average molecular weight is 526 g/mol. The predicted octanol–water partition coefficient (Wildman–Crippen LogP) is 6.08. The largest absolute Gasteiger partial charge is 0.465 e. The first-order chi connectivity index (χ1) is 18.8. The lowest BCUT2D eigenvalue weighted by molar-refractivity contribution is -0.0328. The van der Waals surface area contributed by atoms with Crippen molar-refractivity contribution in [3.05, 3.63) is 72.3 Å². The van der Waals surface area contributed by atoms with Crippen LogP contribution in [0.3, 0.4) is 0 Å². The summed E-state index contributed by atoms with van der Waals surface area (Å²) in [6.07, 6.45) is 1.78. The smallest absolute Gasteiger partial charge is 0.408 e. The van der Waals surface area contributed by atoms with Gasteiger partial charge in [0.25, 0.3) is 0 Å². The Kier molecular flexibility index (Phi) is 6.30. The molecule has 0 radical (unpaired) electrons. The van der Waals surface area contributed by atoms with Gasteiger partial charge in [0, 0.05) is 29.9 Å². The Morgan fingerprint density at radius 3 is 2.23 bits per heavy atom. The van der Waals surface area contributed by atoms with Crippen LogP contribution < -0.4 is 4.90 Å². The highest BCUT2D eigenvalue weighted by atomic mass is 16.5. The number of imidazole rings is 1. The molecule has 3 heterocycles. The van der Waals surface area contributed by atoms with Crippen LogP contribution in [0.1, 0.15) is 45.6 Å². The quantitative estimate of drug-likeness (QED) is 0.340. The number of hydrogen-bond donors (Lipinski definition) is 1. The van der Waals surface area contributed by atoms with E-state index in [-0.39, 0.29) is 0 Å². The molecular formula is C31H35N5O3. The molecule has 2 aliphatic rings. The second kappa shape index (κ2) is 9.68. The molecule has 1 amide bonds. The number of anilines is 1. The van der Waals surface area contributed by atoms with Crippen LogP contribution in [0, 0.1) is 0 Å². The third kappa shape index (κ3) is 4.42. The van der Waals surface area contributed by atoms with Gasteiger partial charge in [-0.05, 0) is 69.9 Å². The Labute approximate surface area is 228 Å². The maximum Gasteiger partial charge on any atom is 0.408 e. The van der Waals surface area contributed by atoms with Gasteiger partial charge in [-0.1, -0.05) is 42.5 Å². The molecule has 1 N–H and O–H groups in total. The van der Waals surface area contributed by atoms with Crippen LogP contribution in [-0.4, -0.2) is 62.5 Å². The van der Waals surface area contributed by atoms with Crippen LogP contribution in [0.5, 0.6) is 0 Å². The summed E-state index contributed by atoms with van der Waals surface area (Å²) in [5, 5.41) is 10.2. The number of pyridine rings is 1. The zero-order valence-electron chi connectivity index (χ0n) is 22.8. The van der Waals surface area contributed by atoms with Crippen molar-refractivity contribution in [2.45, 2.75) is 51.1 Å². The van der Waals surface area contributed by atoms with Crippen LogP contribution >= 0.6 is 0 Å². The first kappa shape index (κ1) is 25.4. The molecule has 0 atom stereocenters. The van der Waals surface area contributed by atoms with Crippen LogP contribution in [0.2, 0.25) is 0 Å². The highest BCUT2D eigenvalue weighted by Crippen LogP contribution is 2.49. The van der Waals surface area contributed by atoms with Crippen molar-refractivity contribution in [1.29, 1.82) is 0 Å². The fourth-order valence-electron chi connectivity index (χ4n) is 6.13. The van der Waals surface area contributed by atoms with Crippen molar-refractivity contribution in [3.63, 3.8) is 0 Å². The van der Waals surface area contributed by atoms with E-state index in [1.165, 1.54) is 0 Å². The topological polar surface area (TPSA) is 83.7 Å². The Morgan fingerprint density at radius 2 is 1.64 bits per heavy atom. The lowest BCUT2D eigenvalue weighted by Crippen LogP contribution is -2.60. The Hall–Kier alpha value is -3.91. The standard InChI is InChI=1S/C31H35N5O3/c1-30(2,3)36(29(37)38)31(16-7-17-31)23-10-12-24(13-11-23)35-27(22-8-5-4-6-9-22)32-25-14-15-26(33-28(25)35)34-18-20-39-21-19-34/h4-6,8-15H,7,16-21H2,1-3H3,(H,37,38). The molecule has 8 heteroatoms. The third-order valence-corrected chi connectivity index (χ3v) is 7.99. The zero-order chi connectivity index (χ0) is 27.2. The fourth-order valence-corrected chi connectivity index (χ4v) is 6.13. The summed E-state index contributed by atoms with van der Waals surface area (Å²) in [6.45, 7) is 8.91. The van der Waals surface area contributed by atoms with E-state index in [0.29, 0.717) is 13.2 Å². The molecule has 202 valence electrons. The third-order valence-electron chi connectivity index (χ3n) is 7.99. The summed E-state index contributed by atoms with van der Waals surface area (Å²) in [5.41, 5.74) is 3.59. The van der Waals surface area contributed by atoms with E-state index >= 15 is 0 Å². The molecule has 0 bridgehead atoms. The Balaban J connectivity index is 1.47. The van der Waals surface area contributed by atoms with E-state index in [1.54, 1.807) is 4.90 Å². The molecular weight excluding hydrogens is 490 g/mol. The number of nitrogens with zero attached hydrogens (tertiary/aromatic N) is 5. The van der Waals surface area contributed by atoms with Gasteiger partial charge < -0.3 is 14.7 Å². The molecule has 1 aliphatic carbocycles. The Bertz CT molecular complexity index is 1480. The highest BCUT2D eigenvalue weighted by molar-refractivity contribution is 5.81. The predicted molar refractivity (Wildman–Crippen MR) is 152 cm³/mol. The molecule has 1 saturated carbocycles. The number of hydrogen-bond acceptors (Lipinski definition) is 5. The van der Waals surface area contributed by atoms with Crippen LogP contribution in [0.25, 0.3) is 28.2 Å². The average Bonchev–Trinajstić information content (AvgIpc) is 3.30. The van der Waals surface area contributed by atoms with Crippen LogP contribution in [0.4, 0.5) is 10.6 Å². The van der Waals surface area contributed by atoms with Gasteiger partial charge in [-0.15, -0.1) is 0 Å². The monoisotopic (exact) mass is 525 g/mol. The summed E-state index contributed by atoms with van der Waals surface area (Å²) in [7, 11) is 0. The van der Waals surface area contributed by atoms with Gasteiger partial charge in [0.2, 0.25) is 0 Å². The summed E-state index contributed by atoms with van der Waals surface area (Å²) in [5.74, 6) is 1.74. The first-order valence-corrected chi connectivity index (χ1v) is 13.7. The minimum Gasteiger partial charge on any atom is -0.465 e.